The van der Waals surface area contributed by atoms with E-state index in [1.54, 1.807) is 6.33 Å². The number of aromatic nitrogens is 10. The predicted octanol–water partition coefficient (Wildman–Crippen LogP) is 7.39. The topological polar surface area (TPSA) is 198 Å². The molecule has 2 fully saturated rings. The van der Waals surface area contributed by atoms with Gasteiger partial charge in [0.2, 0.25) is 5.91 Å². The van der Waals surface area contributed by atoms with Gasteiger partial charge < -0.3 is 21.0 Å². The lowest BCUT2D eigenvalue weighted by Crippen LogP contribution is -2.18. The Balaban J connectivity index is 0.000000174. The minimum Gasteiger partial charge on any atom is -0.382 e. The number of carbonyl (C=O) groups excluding carboxylic acids is 1. The molecule has 5 N–H and O–H groups in total. The molecule has 51 heavy (non-hydrogen) atoms. The lowest BCUT2D eigenvalue weighted by atomic mass is 9.96. The summed E-state index contributed by atoms with van der Waals surface area (Å²) in [6.07, 6.45) is 22.0. The molecule has 2 aliphatic rings. The van der Waals surface area contributed by atoms with Gasteiger partial charge in [0.15, 0.2) is 11.6 Å². The van der Waals surface area contributed by atoms with Crippen molar-refractivity contribution < 1.29 is 4.79 Å². The van der Waals surface area contributed by atoms with E-state index in [2.05, 4.69) is 69.3 Å². The molecule has 2 aliphatic carbocycles. The molecule has 6 heterocycles. The van der Waals surface area contributed by atoms with Crippen molar-refractivity contribution in [1.29, 1.82) is 5.26 Å². The number of anilines is 2. The van der Waals surface area contributed by atoms with E-state index in [9.17, 15) is 10.1 Å². The second kappa shape index (κ2) is 15.7. The Morgan fingerprint density at radius 3 is 1.96 bits per heavy atom. The van der Waals surface area contributed by atoms with Crippen molar-refractivity contribution in [2.45, 2.75) is 90.1 Å². The highest BCUT2D eigenvalue weighted by atomic mass is 35.5. The highest BCUT2D eigenvalue weighted by molar-refractivity contribution is 5.98. The number of rotatable bonds is 9. The summed E-state index contributed by atoms with van der Waals surface area (Å²) in [5, 5.41) is 23.2. The normalized spacial score (nSPS) is 16.0. The first kappa shape index (κ1) is 35.5. The number of halogens is 1. The Morgan fingerprint density at radius 1 is 0.882 bits per heavy atom. The van der Waals surface area contributed by atoms with Gasteiger partial charge in [0.05, 0.1) is 47.1 Å². The molecule has 0 radical (unpaired) electrons. The van der Waals surface area contributed by atoms with Crippen LogP contribution in [-0.2, 0) is 4.79 Å². The average molecular weight is 710 g/mol. The first-order chi connectivity index (χ1) is 24.4. The number of hydrogen-bond acceptors (Lipinski definition) is 9. The lowest BCUT2D eigenvalue weighted by molar-refractivity contribution is -0.114. The summed E-state index contributed by atoms with van der Waals surface area (Å²) in [5.74, 6) is 1.95. The Labute approximate surface area is 302 Å². The fourth-order valence-electron chi connectivity index (χ4n) is 7.92. The number of nitrogens with two attached hydrogens (primary N) is 1. The maximum atomic E-state index is 11.7. The van der Waals surface area contributed by atoms with Gasteiger partial charge in [-0.15, -0.1) is 12.4 Å². The van der Waals surface area contributed by atoms with Crippen LogP contribution in [0.3, 0.4) is 0 Å². The fourth-order valence-corrected chi connectivity index (χ4v) is 7.92. The molecular weight excluding hydrogens is 666 g/mol. The number of hydrogen-bond donors (Lipinski definition) is 4. The lowest BCUT2D eigenvalue weighted by Gasteiger charge is -2.22. The molecule has 6 aromatic heterocycles. The summed E-state index contributed by atoms with van der Waals surface area (Å²) in [7, 11) is 0. The van der Waals surface area contributed by atoms with Crippen molar-refractivity contribution in [3.63, 3.8) is 0 Å². The van der Waals surface area contributed by atoms with Crippen LogP contribution >= 0.6 is 12.4 Å². The number of nitrogen functional groups attached to an aromatic ring is 1. The Morgan fingerprint density at radius 2 is 1.41 bits per heavy atom. The summed E-state index contributed by atoms with van der Waals surface area (Å²) in [6, 6.07) is 6.62. The summed E-state index contributed by atoms with van der Waals surface area (Å²) in [5.41, 5.74) is 11.0. The molecule has 0 spiro atoms. The molecule has 0 unspecified atom stereocenters. The zero-order chi connectivity index (χ0) is 34.6. The van der Waals surface area contributed by atoms with Crippen LogP contribution in [0, 0.1) is 23.2 Å². The number of amides is 1. The SMILES string of the molecule is CC(=O)Nc1nn([C@@H](CC#N)C2CCCC2)cc1-c1ncnc2[nH]ccc12.CC[C@H](C1CCCC1)n1cc(-c2ncnc3[nH]ccc23)c(N)n1.Cl. The molecule has 266 valence electrons. The van der Waals surface area contributed by atoms with Gasteiger partial charge in [0, 0.05) is 42.5 Å². The second-order valence-electron chi connectivity index (χ2n) is 13.4. The molecule has 0 aromatic carbocycles. The quantitative estimate of drug-likeness (QED) is 0.118. The number of fused-ring (bicyclic) bond motifs is 2. The number of H-pyrrole nitrogens is 2. The van der Waals surface area contributed by atoms with Gasteiger partial charge in [-0.05, 0) is 56.1 Å². The molecule has 0 saturated heterocycles. The van der Waals surface area contributed by atoms with E-state index in [0.717, 1.165) is 58.2 Å². The minimum absolute atomic E-state index is 0. The van der Waals surface area contributed by atoms with Crippen LogP contribution in [0.4, 0.5) is 11.6 Å². The summed E-state index contributed by atoms with van der Waals surface area (Å²) in [4.78, 5) is 35.3. The van der Waals surface area contributed by atoms with Crippen LogP contribution in [0.25, 0.3) is 44.6 Å². The van der Waals surface area contributed by atoms with Crippen LogP contribution in [0.5, 0.6) is 0 Å². The summed E-state index contributed by atoms with van der Waals surface area (Å²) < 4.78 is 3.92. The molecular formula is C36H44ClN13O. The summed E-state index contributed by atoms with van der Waals surface area (Å²) in [6.45, 7) is 3.69. The van der Waals surface area contributed by atoms with E-state index in [0.29, 0.717) is 41.6 Å². The minimum atomic E-state index is -0.196. The van der Waals surface area contributed by atoms with Gasteiger partial charge in [-0.25, -0.2) is 19.9 Å². The van der Waals surface area contributed by atoms with Gasteiger partial charge in [-0.1, -0.05) is 32.6 Å². The number of nitriles is 1. The van der Waals surface area contributed by atoms with E-state index < -0.39 is 0 Å². The predicted molar refractivity (Wildman–Crippen MR) is 199 cm³/mol. The van der Waals surface area contributed by atoms with Crippen LogP contribution in [0.2, 0.25) is 0 Å². The Kier molecular flexibility index (Phi) is 11.0. The Bertz CT molecular complexity index is 2130. The van der Waals surface area contributed by atoms with E-state index >= 15 is 0 Å². The molecule has 2 atom stereocenters. The van der Waals surface area contributed by atoms with Crippen LogP contribution < -0.4 is 11.1 Å². The smallest absolute Gasteiger partial charge is 0.222 e. The number of carbonyl (C=O) groups is 1. The molecule has 6 aromatic rings. The van der Waals surface area contributed by atoms with E-state index in [1.807, 2.05) is 35.4 Å². The van der Waals surface area contributed by atoms with Crippen molar-refractivity contribution in [3.05, 3.63) is 49.6 Å². The van der Waals surface area contributed by atoms with Gasteiger partial charge in [-0.3, -0.25) is 14.2 Å². The average Bonchev–Trinajstić information content (AvgIpc) is 3.96. The number of nitrogens with zero attached hydrogens (tertiary/aromatic N) is 9. The third-order valence-corrected chi connectivity index (χ3v) is 10.3. The van der Waals surface area contributed by atoms with E-state index in [-0.39, 0.29) is 24.4 Å². The van der Waals surface area contributed by atoms with Crippen LogP contribution in [0.15, 0.2) is 49.6 Å². The standard InChI is InChI=1S/C19H21N7O.C17H22N6.ClH/c1-12(27)24-19-15(17-14-7-9-21-18(14)23-11-22-17)10-26(25-19)16(6-8-20)13-4-2-3-5-13;1-2-14(11-5-3-4-6-11)23-9-13(16(18)22-23)15-12-7-8-19-17(12)21-10-20-15;/h7,9-11,13,16H,2-6H2,1H3,(H,21,22,23)(H,24,25,27);7-11,14H,2-6H2,1H3,(H2,18,22)(H,19,20,21);1H/t16-;14-;/m01./s1. The molecule has 0 bridgehead atoms. The highest BCUT2D eigenvalue weighted by Gasteiger charge is 2.29. The monoisotopic (exact) mass is 709 g/mol. The van der Waals surface area contributed by atoms with Crippen molar-refractivity contribution in [3.8, 4) is 28.6 Å². The van der Waals surface area contributed by atoms with Crippen molar-refractivity contribution in [2.24, 2.45) is 11.8 Å². The van der Waals surface area contributed by atoms with Gasteiger partial charge in [0.1, 0.15) is 23.9 Å². The fraction of sp³-hybridized carbons (Fsp3) is 0.444. The maximum Gasteiger partial charge on any atom is 0.222 e. The van der Waals surface area contributed by atoms with E-state index in [1.165, 1.54) is 51.8 Å². The van der Waals surface area contributed by atoms with Crippen LogP contribution in [0.1, 0.15) is 90.1 Å². The second-order valence-corrected chi connectivity index (χ2v) is 13.4. The molecule has 14 nitrogen and oxygen atoms in total. The van der Waals surface area contributed by atoms with E-state index in [4.69, 9.17) is 5.73 Å². The highest BCUT2D eigenvalue weighted by Crippen LogP contribution is 2.40. The zero-order valence-corrected chi connectivity index (χ0v) is 29.7. The molecule has 8 rings (SSSR count). The molecule has 0 aliphatic heterocycles. The van der Waals surface area contributed by atoms with Crippen LogP contribution in [-0.4, -0.2) is 55.4 Å². The van der Waals surface area contributed by atoms with Crippen molar-refractivity contribution in [2.75, 3.05) is 11.1 Å². The first-order valence-electron chi connectivity index (χ1n) is 17.6. The third kappa shape index (κ3) is 7.30. The van der Waals surface area contributed by atoms with Crippen molar-refractivity contribution >= 4 is 52.0 Å². The third-order valence-electron chi connectivity index (χ3n) is 10.3. The first-order valence-corrected chi connectivity index (χ1v) is 17.6. The van der Waals surface area contributed by atoms with Crippen molar-refractivity contribution in [1.82, 2.24) is 49.5 Å². The Hall–Kier alpha value is -5.29. The van der Waals surface area contributed by atoms with Gasteiger partial charge in [-0.2, -0.15) is 15.5 Å². The zero-order valence-electron chi connectivity index (χ0n) is 28.9. The maximum absolute atomic E-state index is 11.7. The largest absolute Gasteiger partial charge is 0.382 e. The van der Waals surface area contributed by atoms with Gasteiger partial charge >= 0.3 is 0 Å². The van der Waals surface area contributed by atoms with Gasteiger partial charge in [0.25, 0.3) is 0 Å². The molecule has 1 amide bonds. The molecule has 2 saturated carbocycles. The summed E-state index contributed by atoms with van der Waals surface area (Å²) >= 11 is 0. The number of nitrogens with one attached hydrogen (secondary N) is 3. The number of aromatic amines is 2. The molecule has 15 heteroatoms.